The number of aryl methyl sites for hydroxylation is 1. The molecule has 3 nitrogen and oxygen atoms in total. The van der Waals surface area contributed by atoms with Crippen LogP contribution in [0.15, 0.2) is 36.4 Å². The third-order valence-electron chi connectivity index (χ3n) is 3.43. The fourth-order valence-electron chi connectivity index (χ4n) is 2.47. The normalized spacial score (nSPS) is 11.2. The summed E-state index contributed by atoms with van der Waals surface area (Å²) < 4.78 is 29.4. The van der Waals surface area contributed by atoms with Gasteiger partial charge in [-0.15, -0.1) is 0 Å². The van der Waals surface area contributed by atoms with Crippen molar-refractivity contribution in [3.05, 3.63) is 48.0 Å². The lowest BCUT2D eigenvalue weighted by Gasteiger charge is -2.09. The van der Waals surface area contributed by atoms with Gasteiger partial charge in [0.2, 0.25) is 0 Å². The Morgan fingerprint density at radius 1 is 1.14 bits per heavy atom. The number of benzene rings is 2. The quantitative estimate of drug-likeness (QED) is 0.741. The van der Waals surface area contributed by atoms with Crippen molar-refractivity contribution in [1.29, 1.82) is 0 Å². The van der Waals surface area contributed by atoms with Crippen LogP contribution in [0, 0.1) is 11.6 Å². The summed E-state index contributed by atoms with van der Waals surface area (Å²) >= 11 is 0. The number of para-hydroxylation sites is 2. The molecule has 0 saturated carbocycles. The Balaban J connectivity index is 2.29. The van der Waals surface area contributed by atoms with Gasteiger partial charge in [0.05, 0.1) is 22.3 Å². The maximum Gasteiger partial charge on any atom is 0.149 e. The molecule has 2 N–H and O–H groups in total. The monoisotopic (exact) mass is 287 g/mol. The minimum atomic E-state index is -0.755. The Hall–Kier alpha value is -2.43. The van der Waals surface area contributed by atoms with E-state index in [-0.39, 0.29) is 11.3 Å². The summed E-state index contributed by atoms with van der Waals surface area (Å²) in [5, 5.41) is 0. The molecule has 1 aromatic heterocycles. The van der Waals surface area contributed by atoms with Crippen LogP contribution in [0.5, 0.6) is 0 Å². The molecule has 0 atom stereocenters. The van der Waals surface area contributed by atoms with Crippen molar-refractivity contribution in [3.63, 3.8) is 0 Å². The van der Waals surface area contributed by atoms with Crippen molar-refractivity contribution >= 4 is 16.7 Å². The molecule has 108 valence electrons. The van der Waals surface area contributed by atoms with Gasteiger partial charge in [-0.3, -0.25) is 0 Å². The zero-order valence-corrected chi connectivity index (χ0v) is 11.6. The minimum absolute atomic E-state index is 0.0819. The lowest BCUT2D eigenvalue weighted by atomic mass is 10.1. The van der Waals surface area contributed by atoms with E-state index in [0.717, 1.165) is 23.5 Å². The molecule has 0 saturated heterocycles. The van der Waals surface area contributed by atoms with Crippen LogP contribution in [0.1, 0.15) is 13.3 Å². The SMILES string of the molecule is CCCn1c(-c2cc(N)c(F)cc2F)nc2ccccc21. The molecule has 1 heterocycles. The maximum absolute atomic E-state index is 14.1. The van der Waals surface area contributed by atoms with E-state index >= 15 is 0 Å². The molecule has 0 fully saturated rings. The van der Waals surface area contributed by atoms with Crippen LogP contribution in [0.4, 0.5) is 14.5 Å². The highest BCUT2D eigenvalue weighted by Crippen LogP contribution is 2.29. The molecule has 0 spiro atoms. The van der Waals surface area contributed by atoms with E-state index < -0.39 is 11.6 Å². The first-order valence-electron chi connectivity index (χ1n) is 6.82. The van der Waals surface area contributed by atoms with Crippen molar-refractivity contribution in [3.8, 4) is 11.4 Å². The summed E-state index contributed by atoms with van der Waals surface area (Å²) in [4.78, 5) is 4.48. The van der Waals surface area contributed by atoms with Crippen molar-refractivity contribution in [2.45, 2.75) is 19.9 Å². The summed E-state index contributed by atoms with van der Waals surface area (Å²) in [7, 11) is 0. The van der Waals surface area contributed by atoms with Gasteiger partial charge >= 0.3 is 0 Å². The van der Waals surface area contributed by atoms with E-state index in [9.17, 15) is 8.78 Å². The number of nitrogens with two attached hydrogens (primary N) is 1. The average Bonchev–Trinajstić information content (AvgIpc) is 2.82. The number of nitrogen functional groups attached to an aromatic ring is 1. The number of rotatable bonds is 3. The van der Waals surface area contributed by atoms with E-state index in [1.54, 1.807) is 0 Å². The Bertz CT molecular complexity index is 809. The number of fused-ring (bicyclic) bond motifs is 1. The first kappa shape index (κ1) is 13.5. The maximum atomic E-state index is 14.1. The molecule has 0 bridgehead atoms. The van der Waals surface area contributed by atoms with E-state index in [4.69, 9.17) is 5.73 Å². The molecule has 2 aromatic carbocycles. The second-order valence-corrected chi connectivity index (χ2v) is 4.93. The molecule has 0 amide bonds. The van der Waals surface area contributed by atoms with Gasteiger partial charge in [0, 0.05) is 12.6 Å². The standard InChI is InChI=1S/C16H15F2N3/c1-2-7-21-15-6-4-3-5-14(15)20-16(21)10-8-13(19)12(18)9-11(10)17/h3-6,8-9H,2,7,19H2,1H3. The molecular formula is C16H15F2N3. The summed E-state index contributed by atoms with van der Waals surface area (Å²) in [6.45, 7) is 2.74. The third kappa shape index (κ3) is 2.24. The third-order valence-corrected chi connectivity index (χ3v) is 3.43. The van der Waals surface area contributed by atoms with Crippen molar-refractivity contribution in [1.82, 2.24) is 9.55 Å². The van der Waals surface area contributed by atoms with Crippen molar-refractivity contribution < 1.29 is 8.78 Å². The zero-order chi connectivity index (χ0) is 15.0. The molecule has 0 aliphatic carbocycles. The molecule has 3 aromatic rings. The predicted octanol–water partition coefficient (Wildman–Crippen LogP) is 3.97. The summed E-state index contributed by atoms with van der Waals surface area (Å²) in [5.41, 5.74) is 7.41. The van der Waals surface area contributed by atoms with Gasteiger partial charge in [-0.05, 0) is 24.6 Å². The Labute approximate surface area is 121 Å². The highest BCUT2D eigenvalue weighted by molar-refractivity contribution is 5.81. The van der Waals surface area contributed by atoms with Crippen LogP contribution in [0.25, 0.3) is 22.4 Å². The fraction of sp³-hybridized carbons (Fsp3) is 0.188. The van der Waals surface area contributed by atoms with Gasteiger partial charge in [-0.2, -0.15) is 0 Å². The van der Waals surface area contributed by atoms with E-state index in [2.05, 4.69) is 4.98 Å². The van der Waals surface area contributed by atoms with Gasteiger partial charge in [-0.1, -0.05) is 19.1 Å². The van der Waals surface area contributed by atoms with Gasteiger partial charge in [-0.25, -0.2) is 13.8 Å². The number of halogens is 2. The Kier molecular flexibility index (Phi) is 3.33. The summed E-state index contributed by atoms with van der Waals surface area (Å²) in [6, 6.07) is 9.71. The molecule has 0 aliphatic rings. The van der Waals surface area contributed by atoms with Gasteiger partial charge in [0.25, 0.3) is 0 Å². The highest BCUT2D eigenvalue weighted by atomic mass is 19.1. The first-order valence-corrected chi connectivity index (χ1v) is 6.82. The molecule has 21 heavy (non-hydrogen) atoms. The number of nitrogens with zero attached hydrogens (tertiary/aromatic N) is 2. The number of aromatic nitrogens is 2. The van der Waals surface area contributed by atoms with Crippen LogP contribution in [0.2, 0.25) is 0 Å². The second-order valence-electron chi connectivity index (χ2n) is 4.93. The highest BCUT2D eigenvalue weighted by Gasteiger charge is 2.17. The zero-order valence-electron chi connectivity index (χ0n) is 11.6. The molecular weight excluding hydrogens is 272 g/mol. The Morgan fingerprint density at radius 3 is 2.67 bits per heavy atom. The topological polar surface area (TPSA) is 43.8 Å². The number of hydrogen-bond donors (Lipinski definition) is 1. The molecule has 0 unspecified atom stereocenters. The van der Waals surface area contributed by atoms with Crippen molar-refractivity contribution in [2.24, 2.45) is 0 Å². The van der Waals surface area contributed by atoms with E-state index in [0.29, 0.717) is 12.4 Å². The van der Waals surface area contributed by atoms with Crippen molar-refractivity contribution in [2.75, 3.05) is 5.73 Å². The van der Waals surface area contributed by atoms with Gasteiger partial charge in [0.15, 0.2) is 0 Å². The van der Waals surface area contributed by atoms with Crippen LogP contribution in [0.3, 0.4) is 0 Å². The smallest absolute Gasteiger partial charge is 0.149 e. The predicted molar refractivity (Wildman–Crippen MR) is 79.8 cm³/mol. The van der Waals surface area contributed by atoms with Crippen LogP contribution >= 0.6 is 0 Å². The van der Waals surface area contributed by atoms with Gasteiger partial charge in [0.1, 0.15) is 17.5 Å². The average molecular weight is 287 g/mol. The number of hydrogen-bond acceptors (Lipinski definition) is 2. The summed E-state index contributed by atoms with van der Waals surface area (Å²) in [6.07, 6.45) is 0.881. The largest absolute Gasteiger partial charge is 0.396 e. The fourth-order valence-corrected chi connectivity index (χ4v) is 2.47. The van der Waals surface area contributed by atoms with E-state index in [1.807, 2.05) is 35.8 Å². The minimum Gasteiger partial charge on any atom is -0.396 e. The lowest BCUT2D eigenvalue weighted by molar-refractivity contribution is 0.586. The molecule has 5 heteroatoms. The van der Waals surface area contributed by atoms with Crippen LogP contribution < -0.4 is 5.73 Å². The van der Waals surface area contributed by atoms with Crippen LogP contribution in [-0.4, -0.2) is 9.55 Å². The van der Waals surface area contributed by atoms with Crippen LogP contribution in [-0.2, 0) is 6.54 Å². The van der Waals surface area contributed by atoms with Gasteiger partial charge < -0.3 is 10.3 Å². The first-order chi connectivity index (χ1) is 10.1. The molecule has 0 radical (unpaired) electrons. The molecule has 0 aliphatic heterocycles. The Morgan fingerprint density at radius 2 is 1.90 bits per heavy atom. The second kappa shape index (κ2) is 5.16. The summed E-state index contributed by atoms with van der Waals surface area (Å²) in [5.74, 6) is -0.939. The number of imidazole rings is 1. The lowest BCUT2D eigenvalue weighted by Crippen LogP contribution is -2.02. The van der Waals surface area contributed by atoms with E-state index in [1.165, 1.54) is 6.07 Å². The molecule has 3 rings (SSSR count). The number of anilines is 1.